The molecule has 2 heterocycles. The van der Waals surface area contributed by atoms with E-state index in [4.69, 9.17) is 4.74 Å². The summed E-state index contributed by atoms with van der Waals surface area (Å²) in [6.45, 7) is 1.06. The highest BCUT2D eigenvalue weighted by atomic mass is 16.5. The number of methoxy groups -OCH3 is 1. The van der Waals surface area contributed by atoms with Crippen LogP contribution in [0.2, 0.25) is 0 Å². The van der Waals surface area contributed by atoms with Gasteiger partial charge < -0.3 is 15.0 Å². The van der Waals surface area contributed by atoms with Crippen LogP contribution in [0.15, 0.2) is 48.5 Å². The van der Waals surface area contributed by atoms with E-state index in [1.165, 1.54) is 24.1 Å². The molecule has 1 fully saturated rings. The minimum absolute atomic E-state index is 0.0409. The lowest BCUT2D eigenvalue weighted by Crippen LogP contribution is -2.47. The Labute approximate surface area is 183 Å². The number of anilines is 3. The molecule has 2 aromatic rings. The number of rotatable bonds is 4. The second-order valence-electron chi connectivity index (χ2n) is 7.39. The standard InChI is InChI=1S/C22H20N4O6/c1-13-11-18(27)23-16-5-3-4-6-17(16)25(13)19(28)12-24-20(29)21(30)26(22(24)31)14-7-9-15(32-2)10-8-14/h3-10,13H,11-12H2,1-2H3,(H,23,27)/t13-/m1/s1. The van der Waals surface area contributed by atoms with E-state index in [2.05, 4.69) is 5.32 Å². The molecule has 2 aromatic carbocycles. The Morgan fingerprint density at radius 3 is 2.41 bits per heavy atom. The van der Waals surface area contributed by atoms with Gasteiger partial charge in [-0.15, -0.1) is 0 Å². The number of para-hydroxylation sites is 2. The highest BCUT2D eigenvalue weighted by molar-refractivity contribution is 6.53. The molecule has 1 atom stereocenters. The van der Waals surface area contributed by atoms with Crippen molar-refractivity contribution in [2.45, 2.75) is 19.4 Å². The first-order valence-electron chi connectivity index (χ1n) is 9.86. The molecule has 32 heavy (non-hydrogen) atoms. The molecule has 0 bridgehead atoms. The Balaban J connectivity index is 1.60. The van der Waals surface area contributed by atoms with Crippen molar-refractivity contribution in [2.75, 3.05) is 28.8 Å². The molecule has 1 N–H and O–H groups in total. The zero-order valence-corrected chi connectivity index (χ0v) is 17.4. The number of urea groups is 1. The van der Waals surface area contributed by atoms with E-state index in [-0.39, 0.29) is 18.0 Å². The Kier molecular flexibility index (Phi) is 5.35. The highest BCUT2D eigenvalue weighted by Crippen LogP contribution is 2.32. The molecule has 164 valence electrons. The van der Waals surface area contributed by atoms with Crippen molar-refractivity contribution >= 4 is 46.7 Å². The molecular weight excluding hydrogens is 416 g/mol. The highest BCUT2D eigenvalue weighted by Gasteiger charge is 2.47. The summed E-state index contributed by atoms with van der Waals surface area (Å²) in [4.78, 5) is 66.0. The van der Waals surface area contributed by atoms with Crippen LogP contribution in [0, 0.1) is 0 Å². The molecule has 4 rings (SSSR count). The van der Waals surface area contributed by atoms with Gasteiger partial charge in [0.25, 0.3) is 0 Å². The van der Waals surface area contributed by atoms with Crippen LogP contribution < -0.4 is 19.9 Å². The molecule has 2 aliphatic heterocycles. The molecule has 10 nitrogen and oxygen atoms in total. The van der Waals surface area contributed by atoms with Gasteiger partial charge in [0.2, 0.25) is 11.8 Å². The van der Waals surface area contributed by atoms with E-state index >= 15 is 0 Å². The lowest BCUT2D eigenvalue weighted by atomic mass is 10.1. The predicted octanol–water partition coefficient (Wildman–Crippen LogP) is 1.75. The fourth-order valence-corrected chi connectivity index (χ4v) is 3.78. The molecule has 6 amide bonds. The fourth-order valence-electron chi connectivity index (χ4n) is 3.78. The smallest absolute Gasteiger partial charge is 0.339 e. The summed E-state index contributed by atoms with van der Waals surface area (Å²) in [5.74, 6) is -2.47. The van der Waals surface area contributed by atoms with Crippen molar-refractivity contribution < 1.29 is 28.7 Å². The van der Waals surface area contributed by atoms with Crippen molar-refractivity contribution in [1.29, 1.82) is 0 Å². The average Bonchev–Trinajstić information content (AvgIpc) is 2.90. The fraction of sp³-hybridized carbons (Fsp3) is 0.227. The van der Waals surface area contributed by atoms with E-state index in [0.717, 1.165) is 4.90 Å². The Hall–Kier alpha value is -4.21. The van der Waals surface area contributed by atoms with Gasteiger partial charge >= 0.3 is 17.8 Å². The lowest BCUT2D eigenvalue weighted by Gasteiger charge is -2.29. The number of imide groups is 2. The van der Waals surface area contributed by atoms with Crippen molar-refractivity contribution in [3.05, 3.63) is 48.5 Å². The Morgan fingerprint density at radius 2 is 1.72 bits per heavy atom. The maximum absolute atomic E-state index is 13.2. The van der Waals surface area contributed by atoms with Gasteiger partial charge in [0.05, 0.1) is 24.2 Å². The van der Waals surface area contributed by atoms with Crippen molar-refractivity contribution in [3.8, 4) is 5.75 Å². The number of nitrogens with one attached hydrogen (secondary N) is 1. The van der Waals surface area contributed by atoms with Crippen LogP contribution in [-0.4, -0.2) is 54.3 Å². The molecule has 10 heteroatoms. The summed E-state index contributed by atoms with van der Waals surface area (Å²) in [6.07, 6.45) is 0.0409. The van der Waals surface area contributed by atoms with Crippen LogP contribution in [-0.2, 0) is 19.2 Å². The number of carbonyl (C=O) groups is 5. The third-order valence-electron chi connectivity index (χ3n) is 5.31. The van der Waals surface area contributed by atoms with Crippen molar-refractivity contribution in [1.82, 2.24) is 4.90 Å². The number of carbonyl (C=O) groups excluding carboxylic acids is 5. The molecule has 0 spiro atoms. The second kappa shape index (κ2) is 8.14. The van der Waals surface area contributed by atoms with Gasteiger partial charge in [0.1, 0.15) is 12.3 Å². The quantitative estimate of drug-likeness (QED) is 0.577. The summed E-state index contributed by atoms with van der Waals surface area (Å²) in [6, 6.07) is 11.4. The van der Waals surface area contributed by atoms with E-state index in [0.29, 0.717) is 22.0 Å². The monoisotopic (exact) mass is 436 g/mol. The molecule has 0 saturated carbocycles. The first kappa shape index (κ1) is 21.0. The maximum atomic E-state index is 13.2. The predicted molar refractivity (Wildman–Crippen MR) is 114 cm³/mol. The van der Waals surface area contributed by atoms with Gasteiger partial charge in [-0.2, -0.15) is 0 Å². The van der Waals surface area contributed by atoms with Crippen LogP contribution in [0.3, 0.4) is 0 Å². The van der Waals surface area contributed by atoms with Crippen LogP contribution >= 0.6 is 0 Å². The van der Waals surface area contributed by atoms with E-state index in [1.54, 1.807) is 43.3 Å². The summed E-state index contributed by atoms with van der Waals surface area (Å²) in [5.41, 5.74) is 1.09. The van der Waals surface area contributed by atoms with Crippen LogP contribution in [0.1, 0.15) is 13.3 Å². The summed E-state index contributed by atoms with van der Waals surface area (Å²) in [5, 5.41) is 2.74. The van der Waals surface area contributed by atoms with Crippen LogP contribution in [0.5, 0.6) is 5.75 Å². The zero-order chi connectivity index (χ0) is 23.0. The number of nitrogens with zero attached hydrogens (tertiary/aromatic N) is 3. The van der Waals surface area contributed by atoms with Crippen LogP contribution in [0.25, 0.3) is 0 Å². The number of hydrogen-bond donors (Lipinski definition) is 1. The number of hydrogen-bond acceptors (Lipinski definition) is 6. The SMILES string of the molecule is COc1ccc(N2C(=O)C(=O)N(CC(=O)N3c4ccccc4NC(=O)C[C@H]3C)C2=O)cc1. The number of amides is 6. The summed E-state index contributed by atoms with van der Waals surface area (Å²) >= 11 is 0. The van der Waals surface area contributed by atoms with Crippen molar-refractivity contribution in [2.24, 2.45) is 0 Å². The molecule has 2 aliphatic rings. The molecule has 0 unspecified atom stereocenters. The third kappa shape index (κ3) is 3.55. The molecule has 0 aliphatic carbocycles. The van der Waals surface area contributed by atoms with Gasteiger partial charge in [0.15, 0.2) is 0 Å². The molecule has 0 aromatic heterocycles. The minimum Gasteiger partial charge on any atom is -0.497 e. The summed E-state index contributed by atoms with van der Waals surface area (Å²) < 4.78 is 5.06. The normalized spacial score (nSPS) is 18.4. The van der Waals surface area contributed by atoms with Crippen molar-refractivity contribution in [3.63, 3.8) is 0 Å². The number of benzene rings is 2. The third-order valence-corrected chi connectivity index (χ3v) is 5.31. The average molecular weight is 436 g/mol. The topological polar surface area (TPSA) is 116 Å². The second-order valence-corrected chi connectivity index (χ2v) is 7.39. The van der Waals surface area contributed by atoms with Gasteiger partial charge in [-0.25, -0.2) is 14.6 Å². The number of fused-ring (bicyclic) bond motifs is 1. The largest absolute Gasteiger partial charge is 0.497 e. The Bertz CT molecular complexity index is 1130. The lowest BCUT2D eigenvalue weighted by molar-refractivity contribution is -0.140. The van der Waals surface area contributed by atoms with E-state index in [9.17, 15) is 24.0 Å². The van der Waals surface area contributed by atoms with E-state index < -0.39 is 36.3 Å². The molecular formula is C22H20N4O6. The summed E-state index contributed by atoms with van der Waals surface area (Å²) in [7, 11) is 1.48. The molecule has 1 saturated heterocycles. The van der Waals surface area contributed by atoms with E-state index in [1.807, 2.05) is 0 Å². The first-order valence-corrected chi connectivity index (χ1v) is 9.86. The first-order chi connectivity index (χ1) is 15.3. The maximum Gasteiger partial charge on any atom is 0.339 e. The Morgan fingerprint density at radius 1 is 1.03 bits per heavy atom. The van der Waals surface area contributed by atoms with Crippen LogP contribution in [0.4, 0.5) is 21.9 Å². The van der Waals surface area contributed by atoms with Gasteiger partial charge in [-0.1, -0.05) is 12.1 Å². The van der Waals surface area contributed by atoms with Gasteiger partial charge in [-0.05, 0) is 43.3 Å². The van der Waals surface area contributed by atoms with Gasteiger partial charge in [0, 0.05) is 12.5 Å². The number of ether oxygens (including phenoxy) is 1. The van der Waals surface area contributed by atoms with Gasteiger partial charge in [-0.3, -0.25) is 19.2 Å². The zero-order valence-electron chi connectivity index (χ0n) is 17.4. The molecule has 0 radical (unpaired) electrons. The minimum atomic E-state index is -1.09.